The summed E-state index contributed by atoms with van der Waals surface area (Å²) in [5.74, 6) is -3.11. The van der Waals surface area contributed by atoms with E-state index in [1.54, 1.807) is 0 Å². The van der Waals surface area contributed by atoms with Gasteiger partial charge in [-0.25, -0.2) is 9.59 Å². The Morgan fingerprint density at radius 2 is 1.75 bits per heavy atom. The van der Waals surface area contributed by atoms with Crippen LogP contribution in [0.5, 0.6) is 11.6 Å². The number of aromatic nitrogens is 3. The van der Waals surface area contributed by atoms with E-state index in [1.807, 2.05) is 0 Å². The third kappa shape index (κ3) is 1.68. The van der Waals surface area contributed by atoms with E-state index in [2.05, 4.69) is 24.9 Å². The predicted octanol–water partition coefficient (Wildman–Crippen LogP) is -2.58. The zero-order valence-electron chi connectivity index (χ0n) is 7.60. The van der Waals surface area contributed by atoms with Gasteiger partial charge in [0.1, 0.15) is 0 Å². The number of esters is 2. The summed E-state index contributed by atoms with van der Waals surface area (Å²) >= 11 is 0. The van der Waals surface area contributed by atoms with Gasteiger partial charge in [-0.15, -0.1) is 5.10 Å². The molecule has 0 saturated heterocycles. The summed E-state index contributed by atoms with van der Waals surface area (Å²) in [5, 5.41) is 28.1. The summed E-state index contributed by atoms with van der Waals surface area (Å²) < 4.78 is 9.10. The molecule has 1 aromatic heterocycles. The molecule has 0 saturated carbocycles. The molecule has 0 aromatic carbocycles. The number of aliphatic hydroxyl groups is 2. The van der Waals surface area contributed by atoms with Crippen molar-refractivity contribution in [3.63, 3.8) is 0 Å². The van der Waals surface area contributed by atoms with E-state index in [0.717, 1.165) is 6.20 Å². The fourth-order valence-corrected chi connectivity index (χ4v) is 0.972. The van der Waals surface area contributed by atoms with Crippen LogP contribution in [0.2, 0.25) is 0 Å². The smallest absolute Gasteiger partial charge is 0.345 e. The molecule has 0 aliphatic carbocycles. The van der Waals surface area contributed by atoms with Crippen molar-refractivity contribution >= 4 is 11.9 Å². The SMILES string of the molecule is O=C1Oc2cnnnc2OC(=O)C(O)C1O. The summed E-state index contributed by atoms with van der Waals surface area (Å²) in [6, 6.07) is 0. The quantitative estimate of drug-likeness (QED) is 0.458. The van der Waals surface area contributed by atoms with Crippen molar-refractivity contribution in [1.29, 1.82) is 0 Å². The number of hydrogen-bond donors (Lipinski definition) is 2. The fourth-order valence-electron chi connectivity index (χ4n) is 0.972. The van der Waals surface area contributed by atoms with Crippen LogP contribution in [-0.2, 0) is 9.59 Å². The summed E-state index contributed by atoms with van der Waals surface area (Å²) in [6.07, 6.45) is -3.07. The molecule has 2 rings (SSSR count). The molecule has 0 bridgehead atoms. The number of carbonyl (C=O) groups is 2. The summed E-state index contributed by atoms with van der Waals surface area (Å²) in [4.78, 5) is 22.3. The van der Waals surface area contributed by atoms with Gasteiger partial charge in [0.2, 0.25) is 5.75 Å². The van der Waals surface area contributed by atoms with Crippen LogP contribution in [0.25, 0.3) is 0 Å². The number of nitrogens with zero attached hydrogens (tertiary/aromatic N) is 3. The van der Waals surface area contributed by atoms with Gasteiger partial charge in [0, 0.05) is 0 Å². The van der Waals surface area contributed by atoms with Gasteiger partial charge in [0.15, 0.2) is 12.2 Å². The predicted molar refractivity (Wildman–Crippen MR) is 43.1 cm³/mol. The Kier molecular flexibility index (Phi) is 2.46. The molecule has 0 amide bonds. The monoisotopic (exact) mass is 227 g/mol. The number of ether oxygens (including phenoxy) is 2. The third-order valence-electron chi connectivity index (χ3n) is 1.76. The lowest BCUT2D eigenvalue weighted by atomic mass is 10.2. The molecule has 16 heavy (non-hydrogen) atoms. The summed E-state index contributed by atoms with van der Waals surface area (Å²) in [7, 11) is 0. The minimum atomic E-state index is -2.03. The van der Waals surface area contributed by atoms with Crippen LogP contribution in [0.3, 0.4) is 0 Å². The maximum Gasteiger partial charge on any atom is 0.345 e. The topological polar surface area (TPSA) is 132 Å². The van der Waals surface area contributed by atoms with Crippen LogP contribution in [-0.4, -0.2) is 49.8 Å². The van der Waals surface area contributed by atoms with E-state index in [9.17, 15) is 9.59 Å². The average molecular weight is 227 g/mol. The van der Waals surface area contributed by atoms with Crippen LogP contribution >= 0.6 is 0 Å². The molecule has 1 aromatic rings. The summed E-state index contributed by atoms with van der Waals surface area (Å²) in [6.45, 7) is 0. The lowest BCUT2D eigenvalue weighted by Gasteiger charge is -2.18. The summed E-state index contributed by atoms with van der Waals surface area (Å²) in [5.41, 5.74) is 0. The van der Waals surface area contributed by atoms with Gasteiger partial charge in [0.25, 0.3) is 5.88 Å². The molecule has 84 valence electrons. The minimum Gasteiger partial charge on any atom is -0.417 e. The first-order valence-corrected chi connectivity index (χ1v) is 4.07. The molecule has 9 nitrogen and oxygen atoms in total. The van der Waals surface area contributed by atoms with Gasteiger partial charge in [-0.1, -0.05) is 5.10 Å². The van der Waals surface area contributed by atoms with Crippen LogP contribution in [0.4, 0.5) is 0 Å². The maximum absolute atomic E-state index is 11.2. The van der Waals surface area contributed by atoms with Crippen LogP contribution in [0.1, 0.15) is 0 Å². The van der Waals surface area contributed by atoms with Gasteiger partial charge < -0.3 is 19.7 Å². The molecule has 2 atom stereocenters. The zero-order chi connectivity index (χ0) is 11.7. The molecular formula is C7H5N3O6. The van der Waals surface area contributed by atoms with E-state index < -0.39 is 30.0 Å². The van der Waals surface area contributed by atoms with E-state index in [4.69, 9.17) is 10.2 Å². The highest BCUT2D eigenvalue weighted by atomic mass is 16.6. The van der Waals surface area contributed by atoms with Gasteiger partial charge in [0.05, 0.1) is 6.20 Å². The third-order valence-corrected chi connectivity index (χ3v) is 1.76. The molecule has 0 fully saturated rings. The first-order valence-electron chi connectivity index (χ1n) is 4.07. The van der Waals surface area contributed by atoms with Gasteiger partial charge in [-0.05, 0) is 5.21 Å². The van der Waals surface area contributed by atoms with Crippen molar-refractivity contribution in [2.75, 3.05) is 0 Å². The molecular weight excluding hydrogens is 222 g/mol. The van der Waals surface area contributed by atoms with Crippen molar-refractivity contribution in [3.8, 4) is 11.6 Å². The second-order valence-corrected chi connectivity index (χ2v) is 2.84. The van der Waals surface area contributed by atoms with Gasteiger partial charge in [-0.2, -0.15) is 0 Å². The largest absolute Gasteiger partial charge is 0.417 e. The van der Waals surface area contributed by atoms with Crippen molar-refractivity contribution in [2.45, 2.75) is 12.2 Å². The molecule has 2 heterocycles. The van der Waals surface area contributed by atoms with E-state index in [1.165, 1.54) is 0 Å². The molecule has 1 aliphatic rings. The highest BCUT2D eigenvalue weighted by Crippen LogP contribution is 2.24. The zero-order valence-corrected chi connectivity index (χ0v) is 7.60. The van der Waals surface area contributed by atoms with Crippen LogP contribution < -0.4 is 9.47 Å². The standard InChI is InChI=1S/C7H5N3O6/c11-3-4(12)7(14)16-5-2(15-6(3)13)1-8-10-9-5/h1,3-4,11-12H. The molecule has 1 aliphatic heterocycles. The van der Waals surface area contributed by atoms with E-state index >= 15 is 0 Å². The Bertz CT molecular complexity index is 409. The maximum atomic E-state index is 11.2. The van der Waals surface area contributed by atoms with Crippen molar-refractivity contribution < 1.29 is 29.3 Å². The second kappa shape index (κ2) is 3.79. The molecule has 9 heteroatoms. The van der Waals surface area contributed by atoms with Crippen molar-refractivity contribution in [3.05, 3.63) is 6.20 Å². The average Bonchev–Trinajstić information content (AvgIpc) is 2.28. The normalized spacial score (nSPS) is 24.9. The lowest BCUT2D eigenvalue weighted by Crippen LogP contribution is -2.45. The van der Waals surface area contributed by atoms with Crippen molar-refractivity contribution in [2.24, 2.45) is 0 Å². The second-order valence-electron chi connectivity index (χ2n) is 2.84. The Balaban J connectivity index is 2.42. The highest BCUT2D eigenvalue weighted by molar-refractivity contribution is 5.88. The van der Waals surface area contributed by atoms with Gasteiger partial charge >= 0.3 is 11.9 Å². The number of hydrogen-bond acceptors (Lipinski definition) is 9. The minimum absolute atomic E-state index is 0.265. The molecule has 2 N–H and O–H groups in total. The lowest BCUT2D eigenvalue weighted by molar-refractivity contribution is -0.165. The Labute approximate surface area is 87.6 Å². The van der Waals surface area contributed by atoms with E-state index in [0.29, 0.717) is 0 Å². The van der Waals surface area contributed by atoms with Crippen molar-refractivity contribution in [1.82, 2.24) is 15.4 Å². The first-order chi connectivity index (χ1) is 7.59. The highest BCUT2D eigenvalue weighted by Gasteiger charge is 2.37. The molecule has 2 unspecified atom stereocenters. The van der Waals surface area contributed by atoms with E-state index in [-0.39, 0.29) is 5.75 Å². The number of rotatable bonds is 0. The number of carbonyl (C=O) groups excluding carboxylic acids is 2. The first kappa shape index (κ1) is 10.4. The van der Waals surface area contributed by atoms with Gasteiger partial charge in [-0.3, -0.25) is 0 Å². The Morgan fingerprint density at radius 1 is 1.12 bits per heavy atom. The molecule has 0 spiro atoms. The molecule has 0 radical (unpaired) electrons. The number of fused-ring (bicyclic) bond motifs is 1. The van der Waals surface area contributed by atoms with Crippen LogP contribution in [0.15, 0.2) is 6.20 Å². The Hall–Kier alpha value is -2.13. The number of aliphatic hydroxyl groups excluding tert-OH is 2. The fraction of sp³-hybridized carbons (Fsp3) is 0.286. The van der Waals surface area contributed by atoms with Crippen LogP contribution in [0, 0.1) is 0 Å². The Morgan fingerprint density at radius 3 is 2.44 bits per heavy atom.